The smallest absolute Gasteiger partial charge is 0.316 e. The molecule has 0 bridgehead atoms. The van der Waals surface area contributed by atoms with Gasteiger partial charge in [-0.2, -0.15) is 8.78 Å². The van der Waals surface area contributed by atoms with E-state index in [-0.39, 0.29) is 18.9 Å². The van der Waals surface area contributed by atoms with Crippen LogP contribution < -0.4 is 0 Å². The van der Waals surface area contributed by atoms with Crippen LogP contribution in [-0.4, -0.2) is 6.11 Å². The number of halogens is 2. The van der Waals surface area contributed by atoms with Crippen molar-refractivity contribution < 1.29 is 13.5 Å². The minimum Gasteiger partial charge on any atom is -0.316 e. The molecule has 1 nitrogen and oxygen atoms in total. The molecule has 0 aliphatic heterocycles. The third-order valence-electron chi connectivity index (χ3n) is 5.06. The predicted molar refractivity (Wildman–Crippen MR) is 100 cm³/mol. The Kier molecular flexibility index (Phi) is 7.83. The zero-order valence-corrected chi connectivity index (χ0v) is 15.2. The summed E-state index contributed by atoms with van der Waals surface area (Å²) in [6.45, 7) is 5.65. The first kappa shape index (κ1) is 19.8. The lowest BCUT2D eigenvalue weighted by molar-refractivity contribution is -0.256. The van der Waals surface area contributed by atoms with E-state index in [1.54, 1.807) is 0 Å². The van der Waals surface area contributed by atoms with E-state index in [2.05, 4.69) is 6.58 Å². The zero-order chi connectivity index (χ0) is 18.1. The second-order valence-corrected chi connectivity index (χ2v) is 7.12. The quantitative estimate of drug-likeness (QED) is 0.437. The molecule has 3 heteroatoms. The highest BCUT2D eigenvalue weighted by Gasteiger charge is 2.35. The number of alkyl halides is 2. The zero-order valence-electron chi connectivity index (χ0n) is 15.2. The second kappa shape index (κ2) is 9.86. The van der Waals surface area contributed by atoms with Crippen LogP contribution in [0.1, 0.15) is 63.0 Å². The lowest BCUT2D eigenvalue weighted by Crippen LogP contribution is -2.27. The molecule has 0 unspecified atom stereocenters. The van der Waals surface area contributed by atoms with Crippen molar-refractivity contribution in [2.75, 3.05) is 0 Å². The van der Waals surface area contributed by atoms with Crippen molar-refractivity contribution >= 4 is 6.08 Å². The molecule has 1 aromatic rings. The molecular weight excluding hydrogens is 318 g/mol. The highest BCUT2D eigenvalue weighted by atomic mass is 19.3. The first-order chi connectivity index (χ1) is 12.0. The van der Waals surface area contributed by atoms with Crippen LogP contribution in [0.4, 0.5) is 8.78 Å². The molecule has 1 saturated carbocycles. The molecule has 1 fully saturated rings. The molecule has 2 rings (SSSR count). The summed E-state index contributed by atoms with van der Waals surface area (Å²) in [5, 5.41) is 0. The summed E-state index contributed by atoms with van der Waals surface area (Å²) in [5.41, 5.74) is 1.84. The van der Waals surface area contributed by atoms with E-state index in [9.17, 15) is 8.78 Å². The topological polar surface area (TPSA) is 9.23 Å². The summed E-state index contributed by atoms with van der Waals surface area (Å²) >= 11 is 0. The molecule has 0 spiro atoms. The van der Waals surface area contributed by atoms with Gasteiger partial charge in [-0.05, 0) is 55.6 Å². The molecule has 0 saturated heterocycles. The SMILES string of the molecule is C=CCC[C@H]1CC[C@H](CC(F)(F)OCc2ccc(/C=C/C)cc2)CC1. The van der Waals surface area contributed by atoms with Gasteiger partial charge < -0.3 is 4.74 Å². The molecule has 25 heavy (non-hydrogen) atoms. The lowest BCUT2D eigenvalue weighted by Gasteiger charge is -2.30. The number of hydrogen-bond donors (Lipinski definition) is 0. The van der Waals surface area contributed by atoms with E-state index < -0.39 is 6.11 Å². The van der Waals surface area contributed by atoms with Crippen LogP contribution in [0, 0.1) is 11.8 Å². The van der Waals surface area contributed by atoms with Crippen molar-refractivity contribution in [3.63, 3.8) is 0 Å². The average molecular weight is 348 g/mol. The Balaban J connectivity index is 1.75. The summed E-state index contributed by atoms with van der Waals surface area (Å²) in [6.07, 6.45) is 8.74. The molecule has 138 valence electrons. The van der Waals surface area contributed by atoms with E-state index in [0.29, 0.717) is 5.92 Å². The van der Waals surface area contributed by atoms with Gasteiger partial charge in [0.2, 0.25) is 0 Å². The van der Waals surface area contributed by atoms with Crippen molar-refractivity contribution in [2.24, 2.45) is 11.8 Å². The van der Waals surface area contributed by atoms with Crippen LogP contribution in [-0.2, 0) is 11.3 Å². The maximum absolute atomic E-state index is 14.1. The van der Waals surface area contributed by atoms with Gasteiger partial charge in [-0.3, -0.25) is 0 Å². The Morgan fingerprint density at radius 2 is 1.76 bits per heavy atom. The van der Waals surface area contributed by atoms with Gasteiger partial charge in [0.25, 0.3) is 0 Å². The highest BCUT2D eigenvalue weighted by molar-refractivity contribution is 5.49. The van der Waals surface area contributed by atoms with Crippen molar-refractivity contribution in [2.45, 2.75) is 64.6 Å². The van der Waals surface area contributed by atoms with Crippen LogP contribution in [0.3, 0.4) is 0 Å². The Morgan fingerprint density at radius 3 is 2.36 bits per heavy atom. The Morgan fingerprint density at radius 1 is 1.12 bits per heavy atom. The average Bonchev–Trinajstić information content (AvgIpc) is 2.61. The summed E-state index contributed by atoms with van der Waals surface area (Å²) < 4.78 is 33.2. The van der Waals surface area contributed by atoms with Gasteiger partial charge in [-0.1, -0.05) is 55.3 Å². The molecule has 0 radical (unpaired) electrons. The molecule has 0 N–H and O–H groups in total. The van der Waals surface area contributed by atoms with Crippen molar-refractivity contribution in [1.82, 2.24) is 0 Å². The fourth-order valence-electron chi connectivity index (χ4n) is 3.58. The fraction of sp³-hybridized carbons (Fsp3) is 0.545. The second-order valence-electron chi connectivity index (χ2n) is 7.12. The maximum Gasteiger partial charge on any atom is 0.356 e. The van der Waals surface area contributed by atoms with E-state index in [1.807, 2.05) is 49.4 Å². The highest BCUT2D eigenvalue weighted by Crippen LogP contribution is 2.38. The first-order valence-electron chi connectivity index (χ1n) is 9.36. The number of hydrogen-bond acceptors (Lipinski definition) is 1. The number of benzene rings is 1. The van der Waals surface area contributed by atoms with Crippen molar-refractivity contribution in [3.8, 4) is 0 Å². The molecule has 0 heterocycles. The Labute approximate surface area is 150 Å². The third-order valence-corrected chi connectivity index (χ3v) is 5.06. The summed E-state index contributed by atoms with van der Waals surface area (Å²) in [4.78, 5) is 0. The van der Waals surface area contributed by atoms with Gasteiger partial charge in [0.1, 0.15) is 0 Å². The minimum absolute atomic E-state index is 0.0439. The van der Waals surface area contributed by atoms with E-state index in [1.165, 1.54) is 0 Å². The van der Waals surface area contributed by atoms with Crippen LogP contribution in [0.25, 0.3) is 6.08 Å². The fourth-order valence-corrected chi connectivity index (χ4v) is 3.58. The molecule has 0 amide bonds. The monoisotopic (exact) mass is 348 g/mol. The van der Waals surface area contributed by atoms with Gasteiger partial charge >= 0.3 is 6.11 Å². The molecule has 1 aliphatic carbocycles. The molecule has 1 aromatic carbocycles. The first-order valence-corrected chi connectivity index (χ1v) is 9.36. The number of rotatable bonds is 9. The van der Waals surface area contributed by atoms with Crippen LogP contribution in [0.5, 0.6) is 0 Å². The van der Waals surface area contributed by atoms with Gasteiger partial charge in [0.15, 0.2) is 0 Å². The minimum atomic E-state index is -3.04. The molecule has 0 atom stereocenters. The summed E-state index contributed by atoms with van der Waals surface area (Å²) in [6, 6.07) is 7.52. The van der Waals surface area contributed by atoms with E-state index in [0.717, 1.165) is 49.7 Å². The van der Waals surface area contributed by atoms with Gasteiger partial charge in [0, 0.05) is 6.42 Å². The summed E-state index contributed by atoms with van der Waals surface area (Å²) in [5.74, 6) is 0.756. The number of ether oxygens (including phenoxy) is 1. The largest absolute Gasteiger partial charge is 0.356 e. The van der Waals surface area contributed by atoms with E-state index in [4.69, 9.17) is 4.74 Å². The van der Waals surface area contributed by atoms with Crippen molar-refractivity contribution in [3.05, 3.63) is 54.1 Å². The van der Waals surface area contributed by atoms with Crippen LogP contribution >= 0.6 is 0 Å². The standard InChI is InChI=1S/C22H30F2O/c1-3-5-7-19-8-12-20(13-9-19)16-22(23,24)25-17-21-14-10-18(6-4-2)11-15-21/h3-4,6,10-11,14-15,19-20H,1,5,7-9,12-13,16-17H2,2H3/b6-4+/t19-,20-. The molecule has 1 aliphatic rings. The van der Waals surface area contributed by atoms with Crippen LogP contribution in [0.2, 0.25) is 0 Å². The Hall–Kier alpha value is -1.48. The van der Waals surface area contributed by atoms with Crippen molar-refractivity contribution in [1.29, 1.82) is 0 Å². The van der Waals surface area contributed by atoms with Gasteiger partial charge in [0.05, 0.1) is 6.61 Å². The van der Waals surface area contributed by atoms with Gasteiger partial charge in [-0.25, -0.2) is 0 Å². The van der Waals surface area contributed by atoms with Crippen LogP contribution in [0.15, 0.2) is 43.0 Å². The Bertz CT molecular complexity index is 540. The summed E-state index contributed by atoms with van der Waals surface area (Å²) in [7, 11) is 0. The number of allylic oxidation sites excluding steroid dienone is 2. The lowest BCUT2D eigenvalue weighted by atomic mass is 9.78. The third kappa shape index (κ3) is 7.11. The maximum atomic E-state index is 14.1. The van der Waals surface area contributed by atoms with Gasteiger partial charge in [-0.15, -0.1) is 6.58 Å². The molecule has 0 aromatic heterocycles. The molecular formula is C22H30F2O. The predicted octanol–water partition coefficient (Wildman–Crippen LogP) is 6.99. The normalized spacial score (nSPS) is 21.6. The van der Waals surface area contributed by atoms with E-state index >= 15 is 0 Å².